The molecule has 0 N–H and O–H groups in total. The maximum Gasteiger partial charge on any atom is 0.250 e. The van der Waals surface area contributed by atoms with Crippen LogP contribution >= 0.6 is 12.2 Å². The molecular formula is C22H16N2O2S. The van der Waals surface area contributed by atoms with Gasteiger partial charge in [0.2, 0.25) is 11.8 Å². The van der Waals surface area contributed by atoms with E-state index in [0.29, 0.717) is 16.9 Å². The van der Waals surface area contributed by atoms with E-state index in [1.165, 1.54) is 9.80 Å². The van der Waals surface area contributed by atoms with Gasteiger partial charge in [-0.05, 0) is 42.0 Å². The zero-order valence-corrected chi connectivity index (χ0v) is 15.2. The van der Waals surface area contributed by atoms with Crippen LogP contribution in [0.15, 0.2) is 91.0 Å². The molecule has 27 heavy (non-hydrogen) atoms. The number of nitrogens with zero attached hydrogens (tertiary/aromatic N) is 2. The summed E-state index contributed by atoms with van der Waals surface area (Å²) in [5.74, 6) is -1.62. The summed E-state index contributed by atoms with van der Waals surface area (Å²) in [5.41, 5.74) is 1.93. The molecule has 132 valence electrons. The van der Waals surface area contributed by atoms with Gasteiger partial charge >= 0.3 is 0 Å². The van der Waals surface area contributed by atoms with Crippen LogP contribution in [0.3, 0.4) is 0 Å². The van der Waals surface area contributed by atoms with Crippen LogP contribution in [0.5, 0.6) is 0 Å². The monoisotopic (exact) mass is 372 g/mol. The Bertz CT molecular complexity index is 841. The predicted octanol–water partition coefficient (Wildman–Crippen LogP) is 4.14. The molecule has 1 aliphatic rings. The fourth-order valence-electron chi connectivity index (χ4n) is 3.21. The fraction of sp³-hybridized carbons (Fsp3) is 0.0455. The molecule has 3 aromatic carbocycles. The van der Waals surface area contributed by atoms with E-state index >= 15 is 0 Å². The summed E-state index contributed by atoms with van der Waals surface area (Å²) in [7, 11) is 0. The third-order valence-electron chi connectivity index (χ3n) is 4.48. The molecule has 0 spiro atoms. The summed E-state index contributed by atoms with van der Waals surface area (Å²) in [4.78, 5) is 29.5. The average molecular weight is 372 g/mol. The minimum atomic E-state index is -0.946. The van der Waals surface area contributed by atoms with E-state index in [9.17, 15) is 9.59 Å². The molecule has 5 heteroatoms. The predicted molar refractivity (Wildman–Crippen MR) is 110 cm³/mol. The molecule has 4 rings (SSSR count). The van der Waals surface area contributed by atoms with Crippen molar-refractivity contribution in [1.82, 2.24) is 0 Å². The van der Waals surface area contributed by atoms with Crippen molar-refractivity contribution in [2.45, 2.75) is 5.92 Å². The molecule has 0 aromatic heterocycles. The number of hydrogen-bond donors (Lipinski definition) is 0. The van der Waals surface area contributed by atoms with Crippen LogP contribution in [0.1, 0.15) is 11.5 Å². The van der Waals surface area contributed by atoms with Crippen molar-refractivity contribution < 1.29 is 9.59 Å². The quantitative estimate of drug-likeness (QED) is 0.513. The van der Waals surface area contributed by atoms with E-state index in [1.54, 1.807) is 12.1 Å². The molecule has 1 saturated heterocycles. The van der Waals surface area contributed by atoms with E-state index in [-0.39, 0.29) is 16.9 Å². The normalized spacial score (nSPS) is 15.3. The zero-order chi connectivity index (χ0) is 18.8. The first-order valence-electron chi connectivity index (χ1n) is 8.55. The minimum absolute atomic E-state index is 0.162. The van der Waals surface area contributed by atoms with Crippen LogP contribution in [-0.4, -0.2) is 16.9 Å². The third kappa shape index (κ3) is 3.02. The van der Waals surface area contributed by atoms with Crippen LogP contribution in [-0.2, 0) is 9.59 Å². The van der Waals surface area contributed by atoms with Gasteiger partial charge in [-0.3, -0.25) is 19.4 Å². The van der Waals surface area contributed by atoms with Gasteiger partial charge in [-0.1, -0.05) is 66.7 Å². The Balaban J connectivity index is 1.87. The van der Waals surface area contributed by atoms with Crippen LogP contribution in [0.25, 0.3) is 0 Å². The second-order valence-corrected chi connectivity index (χ2v) is 6.51. The van der Waals surface area contributed by atoms with Gasteiger partial charge in [0.15, 0.2) is 5.11 Å². The lowest BCUT2D eigenvalue weighted by atomic mass is 9.93. The Labute approximate surface area is 162 Å². The molecule has 0 aliphatic carbocycles. The van der Waals surface area contributed by atoms with Crippen molar-refractivity contribution in [3.05, 3.63) is 96.6 Å². The van der Waals surface area contributed by atoms with E-state index in [0.717, 1.165) is 0 Å². The highest BCUT2D eigenvalue weighted by Gasteiger charge is 2.45. The molecule has 0 atom stereocenters. The Morgan fingerprint density at radius 1 is 0.593 bits per heavy atom. The maximum atomic E-state index is 13.3. The first kappa shape index (κ1) is 17.1. The summed E-state index contributed by atoms with van der Waals surface area (Å²) in [6.07, 6.45) is 0. The molecule has 0 radical (unpaired) electrons. The van der Waals surface area contributed by atoms with Gasteiger partial charge in [-0.25, -0.2) is 0 Å². The largest absolute Gasteiger partial charge is 0.273 e. The SMILES string of the molecule is O=C1C(c2ccccc2)C(=O)N(c2ccccc2)C(=S)N1c1ccccc1. The first-order valence-corrected chi connectivity index (χ1v) is 8.96. The molecule has 3 aromatic rings. The number of benzene rings is 3. The summed E-state index contributed by atoms with van der Waals surface area (Å²) in [5, 5.41) is 0.162. The highest BCUT2D eigenvalue weighted by molar-refractivity contribution is 7.81. The lowest BCUT2D eigenvalue weighted by Crippen LogP contribution is -2.59. The molecule has 1 fully saturated rings. The van der Waals surface area contributed by atoms with Crippen LogP contribution in [0, 0.1) is 0 Å². The standard InChI is InChI=1S/C22H16N2O2S/c25-20-19(16-10-4-1-5-11-16)21(26)24(18-14-8-3-9-15-18)22(27)23(20)17-12-6-2-7-13-17/h1-15,19H. The number of thiocarbonyl (C=S) groups is 1. The van der Waals surface area contributed by atoms with Crippen molar-refractivity contribution >= 4 is 40.5 Å². The first-order chi connectivity index (χ1) is 13.2. The Morgan fingerprint density at radius 3 is 1.37 bits per heavy atom. The molecule has 4 nitrogen and oxygen atoms in total. The van der Waals surface area contributed by atoms with Crippen molar-refractivity contribution in [3.63, 3.8) is 0 Å². The molecular weight excluding hydrogens is 356 g/mol. The number of anilines is 2. The lowest BCUT2D eigenvalue weighted by Gasteiger charge is -2.39. The Kier molecular flexibility index (Phi) is 4.52. The van der Waals surface area contributed by atoms with Crippen LogP contribution < -0.4 is 9.80 Å². The summed E-state index contributed by atoms with van der Waals surface area (Å²) < 4.78 is 0. The van der Waals surface area contributed by atoms with Crippen molar-refractivity contribution in [2.24, 2.45) is 0 Å². The summed E-state index contributed by atoms with van der Waals surface area (Å²) in [6.45, 7) is 0. The van der Waals surface area contributed by atoms with Crippen LogP contribution in [0.2, 0.25) is 0 Å². The number of carbonyl (C=O) groups is 2. The van der Waals surface area contributed by atoms with Gasteiger partial charge in [0.1, 0.15) is 5.92 Å². The van der Waals surface area contributed by atoms with E-state index in [2.05, 4.69) is 0 Å². The van der Waals surface area contributed by atoms with E-state index < -0.39 is 5.92 Å². The van der Waals surface area contributed by atoms with Gasteiger partial charge in [0, 0.05) is 0 Å². The molecule has 1 heterocycles. The summed E-state index contributed by atoms with van der Waals surface area (Å²) >= 11 is 5.58. The van der Waals surface area contributed by atoms with Gasteiger partial charge in [-0.15, -0.1) is 0 Å². The number of carbonyl (C=O) groups excluding carboxylic acids is 2. The lowest BCUT2D eigenvalue weighted by molar-refractivity contribution is -0.128. The Hall–Kier alpha value is -3.31. The maximum absolute atomic E-state index is 13.3. The second kappa shape index (κ2) is 7.13. The van der Waals surface area contributed by atoms with Crippen molar-refractivity contribution in [3.8, 4) is 0 Å². The van der Waals surface area contributed by atoms with Gasteiger partial charge < -0.3 is 0 Å². The molecule has 0 unspecified atom stereocenters. The van der Waals surface area contributed by atoms with Crippen molar-refractivity contribution in [2.75, 3.05) is 9.80 Å². The molecule has 0 bridgehead atoms. The van der Waals surface area contributed by atoms with Crippen molar-refractivity contribution in [1.29, 1.82) is 0 Å². The smallest absolute Gasteiger partial charge is 0.250 e. The molecule has 1 aliphatic heterocycles. The fourth-order valence-corrected chi connectivity index (χ4v) is 3.60. The highest BCUT2D eigenvalue weighted by atomic mass is 32.1. The summed E-state index contributed by atoms with van der Waals surface area (Å²) in [6, 6.07) is 27.4. The number of hydrogen-bond acceptors (Lipinski definition) is 3. The number of rotatable bonds is 3. The third-order valence-corrected chi connectivity index (χ3v) is 4.84. The van der Waals surface area contributed by atoms with Gasteiger partial charge in [0.05, 0.1) is 11.4 Å². The van der Waals surface area contributed by atoms with E-state index in [1.807, 2.05) is 78.9 Å². The van der Waals surface area contributed by atoms with Gasteiger partial charge in [-0.2, -0.15) is 0 Å². The zero-order valence-electron chi connectivity index (χ0n) is 14.4. The average Bonchev–Trinajstić information content (AvgIpc) is 2.70. The molecule has 0 saturated carbocycles. The number of amides is 2. The van der Waals surface area contributed by atoms with Crippen LogP contribution in [0.4, 0.5) is 11.4 Å². The highest BCUT2D eigenvalue weighted by Crippen LogP contribution is 2.33. The second-order valence-electron chi connectivity index (χ2n) is 6.14. The van der Waals surface area contributed by atoms with Gasteiger partial charge in [0.25, 0.3) is 0 Å². The minimum Gasteiger partial charge on any atom is -0.273 e. The number of para-hydroxylation sites is 2. The topological polar surface area (TPSA) is 40.6 Å². The van der Waals surface area contributed by atoms with E-state index in [4.69, 9.17) is 12.2 Å². The molecule has 2 amide bonds. The Morgan fingerprint density at radius 2 is 0.963 bits per heavy atom.